The van der Waals surface area contributed by atoms with E-state index in [0.717, 1.165) is 23.0 Å². The molecule has 120 valence electrons. The minimum atomic E-state index is -0.153. The highest BCUT2D eigenvalue weighted by Gasteiger charge is 2.30. The number of aromatic amines is 1. The fraction of sp³-hybridized carbons (Fsp3) is 0.333. The van der Waals surface area contributed by atoms with Crippen molar-refractivity contribution < 1.29 is 4.79 Å². The first kappa shape index (κ1) is 14.3. The lowest BCUT2D eigenvalue weighted by molar-refractivity contribution is -0.124. The number of hydrogen-bond acceptors (Lipinski definition) is 7. The van der Waals surface area contributed by atoms with Crippen molar-refractivity contribution in [2.45, 2.75) is 6.42 Å². The summed E-state index contributed by atoms with van der Waals surface area (Å²) in [4.78, 5) is 25.8. The molecular weight excluding hydrogens is 308 g/mol. The maximum Gasteiger partial charge on any atom is 0.225 e. The largest absolute Gasteiger partial charge is 0.355 e. The number of anilines is 1. The highest BCUT2D eigenvalue weighted by atomic mass is 16.1. The van der Waals surface area contributed by atoms with Gasteiger partial charge in [0.15, 0.2) is 11.3 Å². The zero-order valence-electron chi connectivity index (χ0n) is 12.7. The molecule has 0 aromatic carbocycles. The summed E-state index contributed by atoms with van der Waals surface area (Å²) in [6.45, 7) is 1.30. The molecule has 9 nitrogen and oxygen atoms in total. The minimum Gasteiger partial charge on any atom is -0.355 e. The van der Waals surface area contributed by atoms with Gasteiger partial charge >= 0.3 is 0 Å². The minimum absolute atomic E-state index is 0.0331. The first-order valence-corrected chi connectivity index (χ1v) is 7.62. The Morgan fingerprint density at radius 2 is 2.38 bits per heavy atom. The lowest BCUT2D eigenvalue weighted by atomic mass is 10.1. The number of rotatable bonds is 3. The van der Waals surface area contributed by atoms with Crippen LogP contribution in [0.25, 0.3) is 22.1 Å². The lowest BCUT2D eigenvalue weighted by Crippen LogP contribution is -2.33. The molecular formula is C15H14N8O. The summed E-state index contributed by atoms with van der Waals surface area (Å²) in [5, 5.41) is 21.2. The van der Waals surface area contributed by atoms with E-state index in [4.69, 9.17) is 5.26 Å². The number of fused-ring (bicyclic) bond motifs is 3. The second-order valence-electron chi connectivity index (χ2n) is 5.64. The molecule has 1 unspecified atom stereocenters. The molecule has 0 aliphatic carbocycles. The third kappa shape index (κ3) is 2.28. The highest BCUT2D eigenvalue weighted by molar-refractivity contribution is 6.07. The Kier molecular flexibility index (Phi) is 3.42. The van der Waals surface area contributed by atoms with Crippen molar-refractivity contribution in [2.24, 2.45) is 5.92 Å². The van der Waals surface area contributed by atoms with Gasteiger partial charge in [-0.3, -0.25) is 4.79 Å². The predicted octanol–water partition coefficient (Wildman–Crippen LogP) is 0.367. The Labute approximate surface area is 136 Å². The van der Waals surface area contributed by atoms with Gasteiger partial charge in [-0.05, 0) is 12.5 Å². The number of carbonyl (C=O) groups is 1. The van der Waals surface area contributed by atoms with Crippen molar-refractivity contribution >= 4 is 33.8 Å². The van der Waals surface area contributed by atoms with E-state index in [0.29, 0.717) is 24.4 Å². The lowest BCUT2D eigenvalue weighted by Gasteiger charge is -2.18. The number of carbonyl (C=O) groups excluding carboxylic acids is 1. The number of hydrogen-bond donors (Lipinski definition) is 2. The van der Waals surface area contributed by atoms with Crippen molar-refractivity contribution in [1.82, 2.24) is 30.5 Å². The van der Waals surface area contributed by atoms with E-state index in [9.17, 15) is 4.79 Å². The third-order valence-electron chi connectivity index (χ3n) is 4.25. The molecule has 9 heteroatoms. The van der Waals surface area contributed by atoms with Gasteiger partial charge in [0.2, 0.25) is 5.91 Å². The Bertz CT molecular complexity index is 959. The fourth-order valence-corrected chi connectivity index (χ4v) is 3.10. The molecule has 1 aliphatic heterocycles. The van der Waals surface area contributed by atoms with E-state index in [-0.39, 0.29) is 18.4 Å². The molecule has 1 amide bonds. The Balaban J connectivity index is 1.69. The second-order valence-corrected chi connectivity index (χ2v) is 5.64. The summed E-state index contributed by atoms with van der Waals surface area (Å²) in [6.07, 6.45) is 3.99. The van der Waals surface area contributed by atoms with Gasteiger partial charge in [-0.25, -0.2) is 9.97 Å². The molecule has 1 aliphatic rings. The normalized spacial score (nSPS) is 17.3. The van der Waals surface area contributed by atoms with E-state index in [1.54, 1.807) is 6.20 Å². The van der Waals surface area contributed by atoms with E-state index < -0.39 is 0 Å². The molecule has 0 spiro atoms. The van der Waals surface area contributed by atoms with Gasteiger partial charge in [0.25, 0.3) is 0 Å². The molecule has 3 aromatic heterocycles. The first-order chi connectivity index (χ1) is 11.8. The SMILES string of the molecule is N#CCNC(=O)C1CCN(c2ncnc3nnc4[nH]ccc4c23)C1. The van der Waals surface area contributed by atoms with Gasteiger partial charge in [-0.15, -0.1) is 10.2 Å². The summed E-state index contributed by atoms with van der Waals surface area (Å²) in [7, 11) is 0. The van der Waals surface area contributed by atoms with Crippen molar-refractivity contribution in [3.05, 3.63) is 18.6 Å². The van der Waals surface area contributed by atoms with E-state index in [2.05, 4.69) is 35.4 Å². The number of amides is 1. The van der Waals surface area contributed by atoms with E-state index in [1.807, 2.05) is 12.1 Å². The molecule has 1 atom stereocenters. The van der Waals surface area contributed by atoms with Crippen molar-refractivity contribution in [3.8, 4) is 6.07 Å². The van der Waals surface area contributed by atoms with Gasteiger partial charge in [0.05, 0.1) is 17.4 Å². The summed E-state index contributed by atoms with van der Waals surface area (Å²) in [5.41, 5.74) is 1.21. The summed E-state index contributed by atoms with van der Waals surface area (Å²) >= 11 is 0. The van der Waals surface area contributed by atoms with Crippen LogP contribution in [-0.2, 0) is 4.79 Å². The molecule has 1 saturated heterocycles. The number of aromatic nitrogens is 5. The first-order valence-electron chi connectivity index (χ1n) is 7.62. The quantitative estimate of drug-likeness (QED) is 0.667. The molecule has 24 heavy (non-hydrogen) atoms. The highest BCUT2D eigenvalue weighted by Crippen LogP contribution is 2.31. The summed E-state index contributed by atoms with van der Waals surface area (Å²) < 4.78 is 0. The van der Waals surface area contributed by atoms with Crippen molar-refractivity contribution in [3.63, 3.8) is 0 Å². The molecule has 3 aromatic rings. The molecule has 0 saturated carbocycles. The van der Waals surface area contributed by atoms with Crippen LogP contribution < -0.4 is 10.2 Å². The third-order valence-corrected chi connectivity index (χ3v) is 4.25. The monoisotopic (exact) mass is 322 g/mol. The van der Waals surface area contributed by atoms with E-state index >= 15 is 0 Å². The fourth-order valence-electron chi connectivity index (χ4n) is 3.10. The van der Waals surface area contributed by atoms with Gasteiger partial charge in [-0.2, -0.15) is 5.26 Å². The topological polar surface area (TPSA) is 123 Å². The Hall–Kier alpha value is -3.28. The standard InChI is InChI=1S/C15H14N8O/c16-3-5-18-15(24)9-2-6-23(7-9)14-11-10-1-4-17-12(10)21-22-13(11)19-8-20-14/h1,4,8-9H,2,5-7H2,(H,17,21)(H,18,24). The summed E-state index contributed by atoms with van der Waals surface area (Å²) in [6, 6.07) is 3.84. The Morgan fingerprint density at radius 3 is 3.25 bits per heavy atom. The number of nitrogens with zero attached hydrogens (tertiary/aromatic N) is 6. The molecule has 4 heterocycles. The maximum atomic E-state index is 12.1. The predicted molar refractivity (Wildman–Crippen MR) is 85.9 cm³/mol. The smallest absolute Gasteiger partial charge is 0.225 e. The average Bonchev–Trinajstić information content (AvgIpc) is 3.28. The van der Waals surface area contributed by atoms with Crippen LogP contribution in [0.4, 0.5) is 5.82 Å². The molecule has 0 bridgehead atoms. The average molecular weight is 322 g/mol. The van der Waals surface area contributed by atoms with Crippen LogP contribution in [0.5, 0.6) is 0 Å². The number of nitriles is 1. The molecule has 4 rings (SSSR count). The zero-order chi connectivity index (χ0) is 16.5. The zero-order valence-corrected chi connectivity index (χ0v) is 12.7. The summed E-state index contributed by atoms with van der Waals surface area (Å²) in [5.74, 6) is 0.513. The molecule has 1 fully saturated rings. The maximum absolute atomic E-state index is 12.1. The van der Waals surface area contributed by atoms with Crippen molar-refractivity contribution in [1.29, 1.82) is 5.26 Å². The van der Waals surface area contributed by atoms with Crippen LogP contribution in [0.15, 0.2) is 18.6 Å². The van der Waals surface area contributed by atoms with Gasteiger partial charge in [0.1, 0.15) is 18.7 Å². The Morgan fingerprint density at radius 1 is 1.46 bits per heavy atom. The van der Waals surface area contributed by atoms with Crippen LogP contribution in [0.1, 0.15) is 6.42 Å². The molecule has 0 radical (unpaired) electrons. The second kappa shape index (κ2) is 5.73. The van der Waals surface area contributed by atoms with Crippen LogP contribution >= 0.6 is 0 Å². The van der Waals surface area contributed by atoms with Crippen LogP contribution in [0.2, 0.25) is 0 Å². The molecule has 2 N–H and O–H groups in total. The van der Waals surface area contributed by atoms with Gasteiger partial charge < -0.3 is 15.2 Å². The number of nitrogens with one attached hydrogen (secondary N) is 2. The van der Waals surface area contributed by atoms with Crippen LogP contribution in [-0.4, -0.2) is 50.7 Å². The van der Waals surface area contributed by atoms with Gasteiger partial charge in [-0.1, -0.05) is 0 Å². The van der Waals surface area contributed by atoms with Gasteiger partial charge in [0, 0.05) is 24.7 Å². The van der Waals surface area contributed by atoms with Crippen LogP contribution in [0, 0.1) is 17.2 Å². The van der Waals surface area contributed by atoms with Crippen LogP contribution in [0.3, 0.4) is 0 Å². The van der Waals surface area contributed by atoms with Crippen molar-refractivity contribution in [2.75, 3.05) is 24.5 Å². The van der Waals surface area contributed by atoms with E-state index in [1.165, 1.54) is 6.33 Å². The number of H-pyrrole nitrogens is 1.